The Bertz CT molecular complexity index is 248. The van der Waals surface area contributed by atoms with Crippen molar-refractivity contribution in [2.75, 3.05) is 0 Å². The van der Waals surface area contributed by atoms with E-state index in [0.717, 1.165) is 23.2 Å². The van der Waals surface area contributed by atoms with Gasteiger partial charge in [-0.1, -0.05) is 18.6 Å². The van der Waals surface area contributed by atoms with Crippen LogP contribution in [0.1, 0.15) is 39.0 Å². The molecular formula is C11H20B2. The van der Waals surface area contributed by atoms with Crippen LogP contribution in [-0.2, 0) is 0 Å². The van der Waals surface area contributed by atoms with Gasteiger partial charge in [-0.05, 0) is 48.9 Å². The summed E-state index contributed by atoms with van der Waals surface area (Å²) < 4.78 is 0. The second-order valence-electron chi connectivity index (χ2n) is 6.46. The minimum Gasteiger partial charge on any atom is -0.0817 e. The van der Waals surface area contributed by atoms with Gasteiger partial charge in [0, 0.05) is 0 Å². The fourth-order valence-electron chi connectivity index (χ4n) is 4.32. The van der Waals surface area contributed by atoms with Gasteiger partial charge in [0.15, 0.2) is 0 Å². The lowest BCUT2D eigenvalue weighted by Crippen LogP contribution is -2.26. The molecule has 0 saturated heterocycles. The minimum absolute atomic E-state index is 0.630. The first kappa shape index (κ1) is 8.44. The van der Waals surface area contributed by atoms with Crippen LogP contribution in [0.4, 0.5) is 0 Å². The lowest BCUT2D eigenvalue weighted by atomic mass is 9.46. The lowest BCUT2D eigenvalue weighted by Gasteiger charge is -2.35. The molecule has 3 saturated carbocycles. The molecule has 1 spiro atoms. The first-order valence-electron chi connectivity index (χ1n) is 6.10. The third-order valence-electron chi connectivity index (χ3n) is 5.89. The summed E-state index contributed by atoms with van der Waals surface area (Å²) in [5.41, 5.74) is 0.928. The van der Waals surface area contributed by atoms with Crippen molar-refractivity contribution in [3.05, 3.63) is 0 Å². The first-order valence-corrected chi connectivity index (χ1v) is 6.10. The molecule has 0 nitrogen and oxygen atoms in total. The van der Waals surface area contributed by atoms with E-state index in [-0.39, 0.29) is 0 Å². The Labute approximate surface area is 83.7 Å². The van der Waals surface area contributed by atoms with Gasteiger partial charge in [-0.25, -0.2) is 0 Å². The van der Waals surface area contributed by atoms with Crippen molar-refractivity contribution in [1.82, 2.24) is 0 Å². The van der Waals surface area contributed by atoms with Crippen LogP contribution in [0, 0.1) is 23.2 Å². The smallest absolute Gasteiger partial charge is 0.0817 e. The van der Waals surface area contributed by atoms with Gasteiger partial charge >= 0.3 is 0 Å². The lowest BCUT2D eigenvalue weighted by molar-refractivity contribution is 0.163. The molecule has 0 heterocycles. The van der Waals surface area contributed by atoms with Crippen LogP contribution in [0.15, 0.2) is 0 Å². The summed E-state index contributed by atoms with van der Waals surface area (Å²) >= 11 is 0. The summed E-state index contributed by atoms with van der Waals surface area (Å²) in [4.78, 5) is 0. The molecule has 4 atom stereocenters. The summed E-state index contributed by atoms with van der Waals surface area (Å²) in [6.45, 7) is 2.37. The van der Waals surface area contributed by atoms with Crippen LogP contribution < -0.4 is 0 Å². The van der Waals surface area contributed by atoms with Crippen LogP contribution in [0.3, 0.4) is 0 Å². The maximum atomic E-state index is 2.49. The Balaban J connectivity index is 1.81. The Hall–Kier alpha value is 0.130. The van der Waals surface area contributed by atoms with E-state index in [2.05, 4.69) is 22.6 Å². The quantitative estimate of drug-likeness (QED) is 0.552. The predicted octanol–water partition coefficient (Wildman–Crippen LogP) is 1.22. The zero-order valence-corrected chi connectivity index (χ0v) is 9.27. The molecule has 13 heavy (non-hydrogen) atoms. The van der Waals surface area contributed by atoms with E-state index in [0.29, 0.717) is 5.21 Å². The molecule has 3 fully saturated rings. The number of rotatable bonds is 2. The van der Waals surface area contributed by atoms with E-state index in [1.807, 2.05) is 0 Å². The first-order chi connectivity index (χ1) is 6.10. The molecule has 0 N–H and O–H groups in total. The predicted molar refractivity (Wildman–Crippen MR) is 61.4 cm³/mol. The highest BCUT2D eigenvalue weighted by Crippen LogP contribution is 2.80. The minimum atomic E-state index is 0.630. The van der Waals surface area contributed by atoms with Gasteiger partial charge in [-0.3, -0.25) is 0 Å². The van der Waals surface area contributed by atoms with Gasteiger partial charge in [0.2, 0.25) is 0 Å². The Morgan fingerprint density at radius 1 is 1.46 bits per heavy atom. The second kappa shape index (κ2) is 2.20. The largest absolute Gasteiger partial charge is 0.0995 e. The van der Waals surface area contributed by atoms with Gasteiger partial charge < -0.3 is 0 Å². The molecular weight excluding hydrogens is 154 g/mol. The maximum Gasteiger partial charge on any atom is 0.0995 e. The SMILES string of the molecule is BC(B)(CC)C1CC2CCC23CC13. The molecule has 0 radical (unpaired) electrons. The van der Waals surface area contributed by atoms with E-state index in [1.165, 1.54) is 6.42 Å². The molecule has 3 aliphatic carbocycles. The van der Waals surface area contributed by atoms with E-state index in [1.54, 1.807) is 25.7 Å². The zero-order valence-electron chi connectivity index (χ0n) is 9.27. The number of hydrogen-bond acceptors (Lipinski definition) is 0. The van der Waals surface area contributed by atoms with Crippen LogP contribution in [-0.4, -0.2) is 15.7 Å². The average molecular weight is 174 g/mol. The highest BCUT2D eigenvalue weighted by atomic mass is 14.8. The second-order valence-corrected chi connectivity index (χ2v) is 6.46. The Kier molecular flexibility index (Phi) is 1.43. The molecule has 3 aliphatic rings. The molecule has 70 valence electrons. The molecule has 0 amide bonds. The van der Waals surface area contributed by atoms with E-state index in [9.17, 15) is 0 Å². The third kappa shape index (κ3) is 0.856. The highest BCUT2D eigenvalue weighted by molar-refractivity contribution is 6.40. The van der Waals surface area contributed by atoms with Crippen molar-refractivity contribution in [3.8, 4) is 0 Å². The zero-order chi connectivity index (χ0) is 9.27. The van der Waals surface area contributed by atoms with Gasteiger partial charge in [-0.15, -0.1) is 0 Å². The summed E-state index contributed by atoms with van der Waals surface area (Å²) in [5, 5.41) is 0.630. The van der Waals surface area contributed by atoms with Gasteiger partial charge in [0.25, 0.3) is 0 Å². The average Bonchev–Trinajstić information content (AvgIpc) is 2.76. The van der Waals surface area contributed by atoms with Crippen LogP contribution in [0.25, 0.3) is 0 Å². The van der Waals surface area contributed by atoms with Crippen LogP contribution in [0.2, 0.25) is 5.21 Å². The fourth-order valence-corrected chi connectivity index (χ4v) is 4.32. The summed E-state index contributed by atoms with van der Waals surface area (Å²) in [5.74, 6) is 3.39. The molecule has 4 unspecified atom stereocenters. The monoisotopic (exact) mass is 174 g/mol. The Morgan fingerprint density at radius 3 is 2.54 bits per heavy atom. The molecule has 0 bridgehead atoms. The summed E-state index contributed by atoms with van der Waals surface area (Å²) in [6.07, 6.45) is 7.69. The van der Waals surface area contributed by atoms with Crippen LogP contribution >= 0.6 is 0 Å². The van der Waals surface area contributed by atoms with Crippen molar-refractivity contribution in [2.45, 2.75) is 44.2 Å². The van der Waals surface area contributed by atoms with E-state index >= 15 is 0 Å². The normalized spacial score (nSPS) is 52.2. The topological polar surface area (TPSA) is 0 Å². The highest BCUT2D eigenvalue weighted by Gasteiger charge is 2.71. The summed E-state index contributed by atoms with van der Waals surface area (Å²) in [7, 11) is 4.99. The molecule has 0 aromatic rings. The molecule has 0 aromatic carbocycles. The standard InChI is InChI=1S/C11H20B2/c1-2-11(12,13)8-5-7-3-4-10(7)6-9(8)10/h7-9H,2-6,12-13H2,1H3. The van der Waals surface area contributed by atoms with E-state index < -0.39 is 0 Å². The molecule has 2 heteroatoms. The van der Waals surface area contributed by atoms with Crippen molar-refractivity contribution in [3.63, 3.8) is 0 Å². The van der Waals surface area contributed by atoms with Crippen molar-refractivity contribution >= 4 is 15.7 Å². The van der Waals surface area contributed by atoms with Crippen LogP contribution in [0.5, 0.6) is 0 Å². The van der Waals surface area contributed by atoms with Crippen molar-refractivity contribution in [2.24, 2.45) is 23.2 Å². The Morgan fingerprint density at radius 2 is 2.23 bits per heavy atom. The van der Waals surface area contributed by atoms with Crippen molar-refractivity contribution < 1.29 is 0 Å². The molecule has 0 aromatic heterocycles. The van der Waals surface area contributed by atoms with Crippen molar-refractivity contribution in [1.29, 1.82) is 0 Å². The maximum absolute atomic E-state index is 2.49. The summed E-state index contributed by atoms with van der Waals surface area (Å²) in [6, 6.07) is 0. The third-order valence-corrected chi connectivity index (χ3v) is 5.89. The van der Waals surface area contributed by atoms with Gasteiger partial charge in [-0.2, -0.15) is 0 Å². The number of hydrogen-bond donors (Lipinski definition) is 0. The van der Waals surface area contributed by atoms with Gasteiger partial charge in [0.05, 0.1) is 15.7 Å². The molecule has 0 aliphatic heterocycles. The van der Waals surface area contributed by atoms with Gasteiger partial charge in [0.1, 0.15) is 0 Å². The van der Waals surface area contributed by atoms with E-state index in [4.69, 9.17) is 0 Å². The molecule has 3 rings (SSSR count). The fraction of sp³-hybridized carbons (Fsp3) is 1.00.